The van der Waals surface area contributed by atoms with Gasteiger partial charge >= 0.3 is 0 Å². The summed E-state index contributed by atoms with van der Waals surface area (Å²) in [5.74, 6) is -0.468. The van der Waals surface area contributed by atoms with E-state index in [1.165, 1.54) is 40.7 Å². The molecule has 1 fully saturated rings. The van der Waals surface area contributed by atoms with Crippen LogP contribution in [-0.4, -0.2) is 50.9 Å². The SMILES string of the molecule is CS(=O)(=O)c1ccc2nc(NC(=O)C3CCCCN3S(=O)(=O)c3ccc(Cl)cc3)sc2c1. The van der Waals surface area contributed by atoms with Gasteiger partial charge in [0.15, 0.2) is 15.0 Å². The summed E-state index contributed by atoms with van der Waals surface area (Å²) in [6, 6.07) is 9.53. The number of amides is 1. The van der Waals surface area contributed by atoms with Crippen molar-refractivity contribution in [1.82, 2.24) is 9.29 Å². The van der Waals surface area contributed by atoms with Gasteiger partial charge in [0.2, 0.25) is 15.9 Å². The fourth-order valence-corrected chi connectivity index (χ4v) is 6.99. The minimum Gasteiger partial charge on any atom is -0.301 e. The number of thiazole rings is 1. The van der Waals surface area contributed by atoms with E-state index in [0.29, 0.717) is 28.1 Å². The molecule has 170 valence electrons. The van der Waals surface area contributed by atoms with Crippen LogP contribution in [0, 0.1) is 0 Å². The number of nitrogens with zero attached hydrogens (tertiary/aromatic N) is 2. The molecule has 1 saturated heterocycles. The first-order valence-electron chi connectivity index (χ1n) is 9.75. The number of nitrogens with one attached hydrogen (secondary N) is 1. The van der Waals surface area contributed by atoms with Crippen LogP contribution in [0.4, 0.5) is 5.13 Å². The van der Waals surface area contributed by atoms with Gasteiger partial charge in [-0.3, -0.25) is 4.79 Å². The molecule has 1 aliphatic rings. The predicted octanol–water partition coefficient (Wildman–Crippen LogP) is 3.54. The number of anilines is 1. The monoisotopic (exact) mass is 513 g/mol. The second kappa shape index (κ2) is 8.71. The van der Waals surface area contributed by atoms with Crippen LogP contribution in [0.5, 0.6) is 0 Å². The molecule has 1 N–H and O–H groups in total. The van der Waals surface area contributed by atoms with E-state index in [9.17, 15) is 21.6 Å². The van der Waals surface area contributed by atoms with Crippen LogP contribution in [0.3, 0.4) is 0 Å². The smallest absolute Gasteiger partial charge is 0.244 e. The number of fused-ring (bicyclic) bond motifs is 1. The molecule has 4 rings (SSSR count). The predicted molar refractivity (Wildman–Crippen MR) is 124 cm³/mol. The molecular weight excluding hydrogens is 494 g/mol. The fraction of sp³-hybridized carbons (Fsp3) is 0.300. The molecule has 12 heteroatoms. The standard InChI is InChI=1S/C20H20ClN3O5S3/c1-31(26,27)15-9-10-16-18(12-15)30-20(22-16)23-19(25)17-4-2-3-11-24(17)32(28,29)14-7-5-13(21)6-8-14/h5-10,12,17H,2-4,11H2,1H3,(H,22,23,25). The largest absolute Gasteiger partial charge is 0.301 e. The van der Waals surface area contributed by atoms with Gasteiger partial charge in [0.25, 0.3) is 0 Å². The summed E-state index contributed by atoms with van der Waals surface area (Å²) in [7, 11) is -7.25. The minimum atomic E-state index is -3.88. The molecule has 1 aliphatic heterocycles. The Bertz CT molecular complexity index is 1390. The van der Waals surface area contributed by atoms with Crippen molar-refractivity contribution in [2.24, 2.45) is 0 Å². The van der Waals surface area contributed by atoms with Crippen LogP contribution in [0.1, 0.15) is 19.3 Å². The molecule has 0 aliphatic carbocycles. The number of halogens is 1. The summed E-state index contributed by atoms with van der Waals surface area (Å²) >= 11 is 7.01. The van der Waals surface area contributed by atoms with Crippen LogP contribution in [0.2, 0.25) is 5.02 Å². The van der Waals surface area contributed by atoms with Gasteiger partial charge in [0, 0.05) is 17.8 Å². The van der Waals surface area contributed by atoms with Crippen LogP contribution in [0.15, 0.2) is 52.3 Å². The van der Waals surface area contributed by atoms with Crippen molar-refractivity contribution in [3.05, 3.63) is 47.5 Å². The van der Waals surface area contributed by atoms with Gasteiger partial charge in [-0.25, -0.2) is 21.8 Å². The van der Waals surface area contributed by atoms with E-state index in [1.54, 1.807) is 6.07 Å². The van der Waals surface area contributed by atoms with Gasteiger partial charge in [-0.1, -0.05) is 29.4 Å². The molecule has 1 aromatic heterocycles. The fourth-order valence-electron chi connectivity index (χ4n) is 3.57. The van der Waals surface area contributed by atoms with E-state index in [2.05, 4.69) is 10.3 Å². The third-order valence-corrected chi connectivity index (χ3v) is 9.41. The highest BCUT2D eigenvalue weighted by atomic mass is 35.5. The summed E-state index contributed by atoms with van der Waals surface area (Å²) in [5, 5.41) is 3.42. The third-order valence-electron chi connectivity index (χ3n) is 5.19. The van der Waals surface area contributed by atoms with Gasteiger partial charge in [-0.15, -0.1) is 0 Å². The molecule has 1 atom stereocenters. The number of sulfone groups is 1. The van der Waals surface area contributed by atoms with E-state index in [-0.39, 0.29) is 21.5 Å². The molecule has 3 aromatic rings. The lowest BCUT2D eigenvalue weighted by Crippen LogP contribution is -2.49. The highest BCUT2D eigenvalue weighted by Gasteiger charge is 2.38. The van der Waals surface area contributed by atoms with Crippen LogP contribution < -0.4 is 5.32 Å². The highest BCUT2D eigenvalue weighted by molar-refractivity contribution is 7.90. The van der Waals surface area contributed by atoms with Crippen molar-refractivity contribution in [3.63, 3.8) is 0 Å². The van der Waals surface area contributed by atoms with Crippen molar-refractivity contribution >= 4 is 64.1 Å². The quantitative estimate of drug-likeness (QED) is 0.558. The molecule has 0 bridgehead atoms. The zero-order valence-electron chi connectivity index (χ0n) is 17.0. The molecule has 2 aromatic carbocycles. The van der Waals surface area contributed by atoms with Crippen molar-refractivity contribution in [3.8, 4) is 0 Å². The van der Waals surface area contributed by atoms with Gasteiger partial charge < -0.3 is 5.32 Å². The topological polar surface area (TPSA) is 114 Å². The second-order valence-electron chi connectivity index (χ2n) is 7.49. The van der Waals surface area contributed by atoms with Crippen LogP contribution >= 0.6 is 22.9 Å². The van der Waals surface area contributed by atoms with E-state index in [4.69, 9.17) is 11.6 Å². The molecule has 2 heterocycles. The van der Waals surface area contributed by atoms with Gasteiger partial charge in [0.1, 0.15) is 6.04 Å². The van der Waals surface area contributed by atoms with E-state index in [1.807, 2.05) is 0 Å². The van der Waals surface area contributed by atoms with Gasteiger partial charge in [0.05, 0.1) is 20.0 Å². The number of carbonyl (C=O) groups is 1. The van der Waals surface area contributed by atoms with Gasteiger partial charge in [-0.05, 0) is 55.3 Å². The number of piperidine rings is 1. The van der Waals surface area contributed by atoms with E-state index in [0.717, 1.165) is 24.0 Å². The summed E-state index contributed by atoms with van der Waals surface area (Å²) in [6.07, 6.45) is 2.90. The minimum absolute atomic E-state index is 0.0786. The zero-order chi connectivity index (χ0) is 23.1. The number of aromatic nitrogens is 1. The first-order chi connectivity index (χ1) is 15.1. The van der Waals surface area contributed by atoms with E-state index < -0.39 is 31.8 Å². The van der Waals surface area contributed by atoms with Crippen LogP contribution in [-0.2, 0) is 24.7 Å². The first-order valence-corrected chi connectivity index (χ1v) is 14.3. The van der Waals surface area contributed by atoms with Crippen LogP contribution in [0.25, 0.3) is 10.2 Å². The average molecular weight is 514 g/mol. The van der Waals surface area contributed by atoms with Gasteiger partial charge in [-0.2, -0.15) is 4.31 Å². The Morgan fingerprint density at radius 1 is 1.09 bits per heavy atom. The Morgan fingerprint density at radius 2 is 1.78 bits per heavy atom. The number of sulfonamides is 1. The lowest BCUT2D eigenvalue weighted by molar-refractivity contribution is -0.120. The van der Waals surface area contributed by atoms with Crippen molar-refractivity contribution in [1.29, 1.82) is 0 Å². The molecule has 0 saturated carbocycles. The molecule has 32 heavy (non-hydrogen) atoms. The van der Waals surface area contributed by atoms with Crippen molar-refractivity contribution in [2.75, 3.05) is 18.1 Å². The Hall–Kier alpha value is -2.05. The summed E-state index contributed by atoms with van der Waals surface area (Å²) in [6.45, 7) is 0.237. The number of carbonyl (C=O) groups excluding carboxylic acids is 1. The summed E-state index contributed by atoms with van der Waals surface area (Å²) in [5.41, 5.74) is 0.548. The normalized spacial score (nSPS) is 18.0. The average Bonchev–Trinajstić information content (AvgIpc) is 3.15. The maximum Gasteiger partial charge on any atom is 0.244 e. The van der Waals surface area contributed by atoms with Crippen molar-refractivity contribution in [2.45, 2.75) is 35.1 Å². The number of hydrogen-bond acceptors (Lipinski definition) is 7. The Balaban J connectivity index is 1.59. The Morgan fingerprint density at radius 3 is 2.47 bits per heavy atom. The molecular formula is C20H20ClN3O5S3. The Labute approximate surface area is 195 Å². The number of benzene rings is 2. The number of rotatable bonds is 5. The third kappa shape index (κ3) is 4.67. The van der Waals surface area contributed by atoms with E-state index >= 15 is 0 Å². The molecule has 8 nitrogen and oxygen atoms in total. The summed E-state index contributed by atoms with van der Waals surface area (Å²) < 4.78 is 51.7. The second-order valence-corrected chi connectivity index (χ2v) is 12.9. The number of hydrogen-bond donors (Lipinski definition) is 1. The lowest BCUT2D eigenvalue weighted by atomic mass is 10.0. The lowest BCUT2D eigenvalue weighted by Gasteiger charge is -2.33. The zero-order valence-corrected chi connectivity index (χ0v) is 20.2. The first kappa shape index (κ1) is 23.1. The summed E-state index contributed by atoms with van der Waals surface area (Å²) in [4.78, 5) is 17.6. The maximum absolute atomic E-state index is 13.2. The highest BCUT2D eigenvalue weighted by Crippen LogP contribution is 2.30. The molecule has 0 radical (unpaired) electrons. The Kier molecular flexibility index (Phi) is 6.29. The maximum atomic E-state index is 13.2. The van der Waals surface area contributed by atoms with Crippen molar-refractivity contribution < 1.29 is 21.6 Å². The molecule has 0 spiro atoms. The molecule has 1 amide bonds. The molecule has 1 unspecified atom stereocenters.